The van der Waals surface area contributed by atoms with Crippen LogP contribution in [0.4, 0.5) is 0 Å². The van der Waals surface area contributed by atoms with Gasteiger partial charge in [-0.25, -0.2) is 0 Å². The number of halogens is 2. The monoisotopic (exact) mass is 215 g/mol. The van der Waals surface area contributed by atoms with Gasteiger partial charge in [0.25, 0.3) is 0 Å². The Bertz CT molecular complexity index is 233. The first-order chi connectivity index (χ1) is 6.24. The van der Waals surface area contributed by atoms with Crippen molar-refractivity contribution < 1.29 is 0 Å². The van der Waals surface area contributed by atoms with Gasteiger partial charge in [-0.2, -0.15) is 0 Å². The van der Waals surface area contributed by atoms with Crippen LogP contribution in [-0.2, 0) is 6.42 Å². The highest BCUT2D eigenvalue weighted by Crippen LogP contribution is 2.18. The van der Waals surface area contributed by atoms with Gasteiger partial charge in [0.15, 0.2) is 0 Å². The highest BCUT2D eigenvalue weighted by atomic mass is 35.5. The van der Waals surface area contributed by atoms with Crippen molar-refractivity contribution in [3.63, 3.8) is 0 Å². The van der Waals surface area contributed by atoms with E-state index >= 15 is 0 Å². The van der Waals surface area contributed by atoms with Gasteiger partial charge in [-0.05, 0) is 12.0 Å². The topological polar surface area (TPSA) is 0 Å². The van der Waals surface area contributed by atoms with Crippen LogP contribution >= 0.6 is 23.2 Å². The molecule has 1 aromatic carbocycles. The van der Waals surface area contributed by atoms with Gasteiger partial charge < -0.3 is 0 Å². The maximum Gasteiger partial charge on any atom is 0.0447 e. The molecule has 71 valence electrons. The minimum Gasteiger partial charge on any atom is -0.126 e. The summed E-state index contributed by atoms with van der Waals surface area (Å²) >= 11 is 11.8. The minimum absolute atomic E-state index is 0.0555. The summed E-state index contributed by atoms with van der Waals surface area (Å²) in [7, 11) is 0. The van der Waals surface area contributed by atoms with E-state index in [1.165, 1.54) is 5.56 Å². The van der Waals surface area contributed by atoms with Gasteiger partial charge in [0.2, 0.25) is 0 Å². The molecule has 1 aromatic rings. The third kappa shape index (κ3) is 3.58. The highest BCUT2D eigenvalue weighted by Gasteiger charge is 2.13. The van der Waals surface area contributed by atoms with E-state index in [9.17, 15) is 0 Å². The molecule has 1 unspecified atom stereocenters. The molecule has 0 N–H and O–H groups in total. The van der Waals surface area contributed by atoms with E-state index in [1.807, 2.05) is 25.1 Å². The maximum absolute atomic E-state index is 6.14. The fourth-order valence-electron chi connectivity index (χ4n) is 1.08. The SMILES string of the molecule is C[C](CCl)C(Cl)Cc1ccccc1. The number of rotatable bonds is 4. The summed E-state index contributed by atoms with van der Waals surface area (Å²) in [6.45, 7) is 1.99. The summed E-state index contributed by atoms with van der Waals surface area (Å²) < 4.78 is 0. The van der Waals surface area contributed by atoms with E-state index in [-0.39, 0.29) is 5.38 Å². The average molecular weight is 216 g/mol. The van der Waals surface area contributed by atoms with Crippen LogP contribution in [0.1, 0.15) is 12.5 Å². The van der Waals surface area contributed by atoms with E-state index in [0.717, 1.165) is 12.3 Å². The van der Waals surface area contributed by atoms with Crippen molar-refractivity contribution in [1.82, 2.24) is 0 Å². The molecule has 0 heterocycles. The predicted molar refractivity (Wildman–Crippen MR) is 59.4 cm³/mol. The Hall–Kier alpha value is -0.200. The van der Waals surface area contributed by atoms with Gasteiger partial charge in [-0.1, -0.05) is 37.3 Å². The lowest BCUT2D eigenvalue weighted by Crippen LogP contribution is -2.13. The first-order valence-electron chi connectivity index (χ1n) is 4.30. The summed E-state index contributed by atoms with van der Waals surface area (Å²) in [4.78, 5) is 0. The first-order valence-corrected chi connectivity index (χ1v) is 5.27. The van der Waals surface area contributed by atoms with Crippen LogP contribution in [0.15, 0.2) is 30.3 Å². The third-order valence-electron chi connectivity index (χ3n) is 2.00. The van der Waals surface area contributed by atoms with Crippen molar-refractivity contribution in [3.05, 3.63) is 41.8 Å². The van der Waals surface area contributed by atoms with Crippen LogP contribution in [0.3, 0.4) is 0 Å². The summed E-state index contributed by atoms with van der Waals surface area (Å²) in [5.74, 6) is 1.67. The summed E-state index contributed by atoms with van der Waals surface area (Å²) in [6.07, 6.45) is 0.862. The minimum atomic E-state index is 0.0555. The Morgan fingerprint density at radius 2 is 1.92 bits per heavy atom. The Kier molecular flexibility index (Phi) is 4.61. The maximum atomic E-state index is 6.14. The molecule has 0 nitrogen and oxygen atoms in total. The lowest BCUT2D eigenvalue weighted by atomic mass is 10.0. The molecule has 0 fully saturated rings. The first kappa shape index (κ1) is 10.9. The molecule has 0 spiro atoms. The van der Waals surface area contributed by atoms with Crippen LogP contribution in [0.5, 0.6) is 0 Å². The molecule has 0 amide bonds. The zero-order valence-electron chi connectivity index (χ0n) is 7.63. The molecule has 0 saturated heterocycles. The fourth-order valence-corrected chi connectivity index (χ4v) is 1.60. The molecule has 13 heavy (non-hydrogen) atoms. The van der Waals surface area contributed by atoms with Crippen LogP contribution < -0.4 is 0 Å². The normalized spacial score (nSPS) is 13.2. The second kappa shape index (κ2) is 5.51. The predicted octanol–water partition coefficient (Wildman–Crippen LogP) is 3.67. The van der Waals surface area contributed by atoms with Gasteiger partial charge in [-0.3, -0.25) is 0 Å². The molecular formula is C11H13Cl2. The van der Waals surface area contributed by atoms with E-state index in [0.29, 0.717) is 5.88 Å². The molecule has 0 saturated carbocycles. The number of alkyl halides is 2. The standard InChI is InChI=1S/C11H13Cl2/c1-9(8-12)11(13)7-10-5-3-2-4-6-10/h2-6,11H,7-8H2,1H3. The van der Waals surface area contributed by atoms with E-state index in [1.54, 1.807) is 0 Å². The summed E-state index contributed by atoms with van der Waals surface area (Å²) in [6, 6.07) is 10.2. The van der Waals surface area contributed by atoms with E-state index < -0.39 is 0 Å². The smallest absolute Gasteiger partial charge is 0.0447 e. The molecule has 0 aliphatic heterocycles. The van der Waals surface area contributed by atoms with Crippen molar-refractivity contribution in [3.8, 4) is 0 Å². The summed E-state index contributed by atoms with van der Waals surface area (Å²) in [5, 5.41) is 0.0555. The molecule has 0 aliphatic rings. The zero-order chi connectivity index (χ0) is 9.68. The van der Waals surface area contributed by atoms with Crippen LogP contribution in [0, 0.1) is 5.92 Å². The Morgan fingerprint density at radius 3 is 2.46 bits per heavy atom. The second-order valence-corrected chi connectivity index (χ2v) is 3.93. The molecule has 0 aromatic heterocycles. The number of hydrogen-bond acceptors (Lipinski definition) is 0. The molecule has 0 bridgehead atoms. The van der Waals surface area contributed by atoms with Crippen molar-refractivity contribution in [2.45, 2.75) is 18.7 Å². The summed E-state index contributed by atoms with van der Waals surface area (Å²) in [5.41, 5.74) is 1.26. The molecule has 1 radical (unpaired) electrons. The van der Waals surface area contributed by atoms with Crippen LogP contribution in [0.2, 0.25) is 0 Å². The third-order valence-corrected chi connectivity index (χ3v) is 2.95. The largest absolute Gasteiger partial charge is 0.126 e. The lowest BCUT2D eigenvalue weighted by molar-refractivity contribution is 0.844. The molecule has 0 aliphatic carbocycles. The number of benzene rings is 1. The Balaban J connectivity index is 2.50. The Morgan fingerprint density at radius 1 is 1.31 bits per heavy atom. The lowest BCUT2D eigenvalue weighted by Gasteiger charge is -2.14. The van der Waals surface area contributed by atoms with Crippen molar-refractivity contribution in [2.75, 3.05) is 5.88 Å². The zero-order valence-corrected chi connectivity index (χ0v) is 9.15. The van der Waals surface area contributed by atoms with Crippen molar-refractivity contribution >= 4 is 23.2 Å². The molecule has 2 heteroatoms. The van der Waals surface area contributed by atoms with Gasteiger partial charge in [0.1, 0.15) is 0 Å². The van der Waals surface area contributed by atoms with Gasteiger partial charge in [0.05, 0.1) is 0 Å². The molecular weight excluding hydrogens is 203 g/mol. The number of hydrogen-bond donors (Lipinski definition) is 0. The van der Waals surface area contributed by atoms with E-state index in [2.05, 4.69) is 12.1 Å². The highest BCUT2D eigenvalue weighted by molar-refractivity contribution is 6.24. The van der Waals surface area contributed by atoms with Gasteiger partial charge in [0, 0.05) is 17.2 Å². The molecule has 1 rings (SSSR count). The van der Waals surface area contributed by atoms with Gasteiger partial charge in [-0.15, -0.1) is 23.2 Å². The van der Waals surface area contributed by atoms with Crippen LogP contribution in [-0.4, -0.2) is 11.3 Å². The van der Waals surface area contributed by atoms with Gasteiger partial charge >= 0.3 is 0 Å². The Labute approximate surface area is 89.9 Å². The van der Waals surface area contributed by atoms with E-state index in [4.69, 9.17) is 23.2 Å². The van der Waals surface area contributed by atoms with Crippen LogP contribution in [0.25, 0.3) is 0 Å². The van der Waals surface area contributed by atoms with Crippen molar-refractivity contribution in [1.29, 1.82) is 0 Å². The fraction of sp³-hybridized carbons (Fsp3) is 0.364. The average Bonchev–Trinajstić information content (AvgIpc) is 2.18. The second-order valence-electron chi connectivity index (χ2n) is 3.14. The molecule has 1 atom stereocenters. The van der Waals surface area contributed by atoms with Crippen molar-refractivity contribution in [2.24, 2.45) is 0 Å². The quantitative estimate of drug-likeness (QED) is 0.673.